The Bertz CT molecular complexity index is 1450. The molecule has 2 aromatic carbocycles. The normalized spacial score (nSPS) is 14.4. The zero-order valence-corrected chi connectivity index (χ0v) is 21.3. The molecule has 188 valence electrons. The van der Waals surface area contributed by atoms with E-state index in [0.717, 1.165) is 33.6 Å². The third-order valence-corrected chi connectivity index (χ3v) is 7.13. The first kappa shape index (κ1) is 24.6. The van der Waals surface area contributed by atoms with Gasteiger partial charge < -0.3 is 14.7 Å². The first-order valence-electron chi connectivity index (χ1n) is 11.9. The molecule has 5 rings (SSSR count). The molecule has 0 fully saturated rings. The van der Waals surface area contributed by atoms with E-state index in [1.165, 1.54) is 18.3 Å². The summed E-state index contributed by atoms with van der Waals surface area (Å²) in [5.74, 6) is 0.271. The van der Waals surface area contributed by atoms with Crippen LogP contribution in [-0.4, -0.2) is 45.5 Å². The number of thiazole rings is 1. The van der Waals surface area contributed by atoms with Gasteiger partial charge in [-0.2, -0.15) is 0 Å². The second-order valence-corrected chi connectivity index (χ2v) is 9.57. The summed E-state index contributed by atoms with van der Waals surface area (Å²) in [5, 5.41) is 14.9. The molecule has 8 nitrogen and oxygen atoms in total. The molecule has 1 aliphatic rings. The summed E-state index contributed by atoms with van der Waals surface area (Å²) < 4.78 is 5.56. The number of anilines is 1. The molecular weight excluding hydrogens is 488 g/mol. The number of para-hydroxylation sites is 1. The minimum Gasteiger partial charge on any atom is -0.496 e. The maximum absolute atomic E-state index is 13.1. The average Bonchev–Trinajstić information content (AvgIpc) is 3.56. The quantitative estimate of drug-likeness (QED) is 0.363. The molecule has 1 atom stereocenters. The summed E-state index contributed by atoms with van der Waals surface area (Å²) in [6.45, 7) is 1.77. The highest BCUT2D eigenvalue weighted by Crippen LogP contribution is 2.42. The van der Waals surface area contributed by atoms with Gasteiger partial charge >= 0.3 is 0 Å². The minimum atomic E-state index is -0.375. The Morgan fingerprint density at radius 2 is 1.97 bits per heavy atom. The number of hydrogen-bond acceptors (Lipinski definition) is 7. The molecule has 0 spiro atoms. The molecule has 1 aliphatic heterocycles. The van der Waals surface area contributed by atoms with Crippen molar-refractivity contribution in [3.63, 3.8) is 0 Å². The molecule has 2 N–H and O–H groups in total. The number of methoxy groups -OCH3 is 1. The number of rotatable bonds is 7. The number of carbonyl (C=O) groups excluding carboxylic acids is 2. The van der Waals surface area contributed by atoms with E-state index < -0.39 is 0 Å². The number of benzene rings is 2. The Hall–Kier alpha value is -4.08. The standard InChI is InChI=1S/C28H26N4O4S/c1-17(34)32-16-20-15-22(27(35)31-28-29-11-13-37-28)30-26(25(20)23(32)10-12-33)19-7-5-6-18(14-19)21-8-3-4-9-24(21)36-2/h3-9,11,13-15,23,33H,10,12,16H2,1-2H3,(H,29,31,35)/t23-/m0/s1. The van der Waals surface area contributed by atoms with Gasteiger partial charge in [0.05, 0.1) is 18.8 Å². The Morgan fingerprint density at radius 1 is 1.16 bits per heavy atom. The summed E-state index contributed by atoms with van der Waals surface area (Å²) in [4.78, 5) is 36.3. The van der Waals surface area contributed by atoms with Crippen LogP contribution in [0.5, 0.6) is 5.75 Å². The van der Waals surface area contributed by atoms with Crippen molar-refractivity contribution >= 4 is 28.3 Å². The number of ether oxygens (including phenoxy) is 1. The topological polar surface area (TPSA) is 105 Å². The highest BCUT2D eigenvalue weighted by molar-refractivity contribution is 7.13. The summed E-state index contributed by atoms with van der Waals surface area (Å²) in [6, 6.07) is 17.0. The average molecular weight is 515 g/mol. The molecular formula is C28H26N4O4S. The van der Waals surface area contributed by atoms with E-state index in [2.05, 4.69) is 10.3 Å². The van der Waals surface area contributed by atoms with Crippen LogP contribution in [0.2, 0.25) is 0 Å². The Morgan fingerprint density at radius 3 is 2.70 bits per heavy atom. The van der Waals surface area contributed by atoms with Gasteiger partial charge in [-0.3, -0.25) is 14.9 Å². The second-order valence-electron chi connectivity index (χ2n) is 8.68. The van der Waals surface area contributed by atoms with E-state index in [-0.39, 0.29) is 30.2 Å². The molecule has 2 aromatic heterocycles. The van der Waals surface area contributed by atoms with Gasteiger partial charge in [0.1, 0.15) is 11.4 Å². The van der Waals surface area contributed by atoms with Crippen LogP contribution in [0.4, 0.5) is 5.13 Å². The molecule has 4 aromatic rings. The van der Waals surface area contributed by atoms with Crippen molar-refractivity contribution in [2.45, 2.75) is 25.9 Å². The van der Waals surface area contributed by atoms with Gasteiger partial charge in [0.15, 0.2) is 5.13 Å². The first-order valence-corrected chi connectivity index (χ1v) is 12.7. The van der Waals surface area contributed by atoms with Crippen molar-refractivity contribution in [1.29, 1.82) is 0 Å². The highest BCUT2D eigenvalue weighted by atomic mass is 32.1. The van der Waals surface area contributed by atoms with Gasteiger partial charge in [-0.25, -0.2) is 9.97 Å². The fourth-order valence-electron chi connectivity index (χ4n) is 4.81. The monoisotopic (exact) mass is 514 g/mol. The molecule has 0 aliphatic carbocycles. The molecule has 0 bridgehead atoms. The van der Waals surface area contributed by atoms with Gasteiger partial charge in [0, 0.05) is 48.3 Å². The maximum Gasteiger partial charge on any atom is 0.276 e. The number of hydrogen-bond donors (Lipinski definition) is 2. The third-order valence-electron chi connectivity index (χ3n) is 6.44. The van der Waals surface area contributed by atoms with E-state index in [4.69, 9.17) is 9.72 Å². The number of fused-ring (bicyclic) bond motifs is 1. The number of nitrogens with zero attached hydrogens (tertiary/aromatic N) is 3. The molecule has 37 heavy (non-hydrogen) atoms. The van der Waals surface area contributed by atoms with Crippen LogP contribution >= 0.6 is 11.3 Å². The number of aliphatic hydroxyl groups excluding tert-OH is 1. The zero-order valence-electron chi connectivity index (χ0n) is 20.5. The number of carbonyl (C=O) groups is 2. The predicted molar refractivity (Wildman–Crippen MR) is 142 cm³/mol. The number of aliphatic hydroxyl groups is 1. The number of aromatic nitrogens is 2. The van der Waals surface area contributed by atoms with Crippen LogP contribution in [0.25, 0.3) is 22.4 Å². The summed E-state index contributed by atoms with van der Waals surface area (Å²) in [6.07, 6.45) is 1.99. The highest BCUT2D eigenvalue weighted by Gasteiger charge is 2.35. The van der Waals surface area contributed by atoms with Crippen molar-refractivity contribution in [1.82, 2.24) is 14.9 Å². The van der Waals surface area contributed by atoms with Crippen LogP contribution in [0.15, 0.2) is 66.2 Å². The molecule has 0 saturated heterocycles. The fourth-order valence-corrected chi connectivity index (χ4v) is 5.34. The summed E-state index contributed by atoms with van der Waals surface area (Å²) in [5.41, 5.74) is 5.21. The van der Waals surface area contributed by atoms with E-state index >= 15 is 0 Å². The maximum atomic E-state index is 13.1. The number of pyridine rings is 1. The Kier molecular flexibility index (Phi) is 6.98. The predicted octanol–water partition coefficient (Wildman–Crippen LogP) is 4.92. The van der Waals surface area contributed by atoms with Crippen LogP contribution in [-0.2, 0) is 11.3 Å². The molecule has 0 unspecified atom stereocenters. The molecule has 3 heterocycles. The van der Waals surface area contributed by atoms with Crippen molar-refractivity contribution in [2.75, 3.05) is 19.0 Å². The first-order chi connectivity index (χ1) is 18.0. The Balaban J connectivity index is 1.66. The molecule has 2 amide bonds. The van der Waals surface area contributed by atoms with E-state index in [9.17, 15) is 14.7 Å². The molecule has 0 saturated carbocycles. The van der Waals surface area contributed by atoms with Gasteiger partial charge in [0.2, 0.25) is 5.91 Å². The number of amides is 2. The van der Waals surface area contributed by atoms with Gasteiger partial charge in [-0.05, 0) is 35.7 Å². The molecule has 9 heteroatoms. The van der Waals surface area contributed by atoms with Crippen molar-refractivity contribution < 1.29 is 19.4 Å². The summed E-state index contributed by atoms with van der Waals surface area (Å²) >= 11 is 1.32. The molecule has 0 radical (unpaired) electrons. The SMILES string of the molecule is COc1ccccc1-c1cccc(-c2nc(C(=O)Nc3nccs3)cc3c2[C@H](CCO)N(C(C)=O)C3)c1. The van der Waals surface area contributed by atoms with Crippen LogP contribution < -0.4 is 10.1 Å². The largest absolute Gasteiger partial charge is 0.496 e. The van der Waals surface area contributed by atoms with Gasteiger partial charge in [-0.1, -0.05) is 36.4 Å². The fraction of sp³-hybridized carbons (Fsp3) is 0.214. The van der Waals surface area contributed by atoms with Crippen LogP contribution in [0, 0.1) is 0 Å². The summed E-state index contributed by atoms with van der Waals surface area (Å²) in [7, 11) is 1.64. The van der Waals surface area contributed by atoms with Crippen molar-refractivity contribution in [3.05, 3.63) is 83.0 Å². The number of nitrogens with one attached hydrogen (secondary N) is 1. The Labute approximate surface area is 218 Å². The van der Waals surface area contributed by atoms with E-state index in [1.807, 2.05) is 48.5 Å². The minimum absolute atomic E-state index is 0.0825. The van der Waals surface area contributed by atoms with Crippen LogP contribution in [0.3, 0.4) is 0 Å². The lowest BCUT2D eigenvalue weighted by molar-refractivity contribution is -0.131. The van der Waals surface area contributed by atoms with Gasteiger partial charge in [-0.15, -0.1) is 11.3 Å². The lowest BCUT2D eigenvalue weighted by Crippen LogP contribution is -2.27. The van der Waals surface area contributed by atoms with E-state index in [1.54, 1.807) is 29.7 Å². The zero-order chi connectivity index (χ0) is 25.9. The van der Waals surface area contributed by atoms with E-state index in [0.29, 0.717) is 23.8 Å². The lowest BCUT2D eigenvalue weighted by Gasteiger charge is -2.24. The van der Waals surface area contributed by atoms with Crippen molar-refractivity contribution in [3.8, 4) is 28.1 Å². The third kappa shape index (κ3) is 4.83. The second kappa shape index (κ2) is 10.5. The lowest BCUT2D eigenvalue weighted by atomic mass is 9.93. The van der Waals surface area contributed by atoms with Crippen LogP contribution in [0.1, 0.15) is 41.0 Å². The van der Waals surface area contributed by atoms with Crippen molar-refractivity contribution in [2.24, 2.45) is 0 Å². The van der Waals surface area contributed by atoms with Gasteiger partial charge in [0.25, 0.3) is 5.91 Å². The smallest absolute Gasteiger partial charge is 0.276 e.